The molecular weight excluding hydrogens is 298 g/mol. The number of rotatable bonds is 2. The van der Waals surface area contributed by atoms with E-state index in [2.05, 4.69) is 8.92 Å². The molecule has 1 atom stereocenters. The molecule has 0 amide bonds. The molecule has 0 N–H and O–H groups in total. The summed E-state index contributed by atoms with van der Waals surface area (Å²) in [4.78, 5) is 11.4. The van der Waals surface area contributed by atoms with Gasteiger partial charge in [0.1, 0.15) is 17.7 Å². The van der Waals surface area contributed by atoms with Gasteiger partial charge >= 0.3 is 6.16 Å². The number of hydrogen-bond acceptors (Lipinski definition) is 6. The molecule has 20 heavy (non-hydrogen) atoms. The molecule has 1 unspecified atom stereocenters. The van der Waals surface area contributed by atoms with Crippen LogP contribution in [0.25, 0.3) is 0 Å². The molecule has 1 aliphatic rings. The number of hydrogen-bond donors (Lipinski definition) is 0. The third kappa shape index (κ3) is 3.87. The first kappa shape index (κ1) is 14.7. The first-order chi connectivity index (χ1) is 9.35. The zero-order valence-corrected chi connectivity index (χ0v) is 10.9. The van der Waals surface area contributed by atoms with Crippen LogP contribution in [0.5, 0.6) is 5.75 Å². The van der Waals surface area contributed by atoms with Crippen LogP contribution in [-0.2, 0) is 19.0 Å². The zero-order valence-electron chi connectivity index (χ0n) is 10.0. The van der Waals surface area contributed by atoms with Crippen molar-refractivity contribution in [3.05, 3.63) is 29.8 Å². The quantitative estimate of drug-likeness (QED) is 0.469. The van der Waals surface area contributed by atoms with E-state index in [9.17, 15) is 22.0 Å². The summed E-state index contributed by atoms with van der Waals surface area (Å²) in [6.07, 6.45) is -2.01. The Kier molecular flexibility index (Phi) is 4.19. The Hall–Kier alpha value is -1.74. The van der Waals surface area contributed by atoms with E-state index in [-0.39, 0.29) is 13.0 Å². The minimum atomic E-state index is -3.72. The predicted molar refractivity (Wildman–Crippen MR) is 61.6 cm³/mol. The molecule has 1 fully saturated rings. The maximum atomic E-state index is 13.2. The Morgan fingerprint density at radius 2 is 2.10 bits per heavy atom. The van der Waals surface area contributed by atoms with E-state index in [4.69, 9.17) is 4.74 Å². The molecule has 0 radical (unpaired) electrons. The van der Waals surface area contributed by atoms with Crippen molar-refractivity contribution in [3.63, 3.8) is 0 Å². The maximum Gasteiger partial charge on any atom is 0.514 e. The van der Waals surface area contributed by atoms with Crippen LogP contribution in [0.2, 0.25) is 0 Å². The molecule has 0 saturated carbocycles. The highest BCUT2D eigenvalue weighted by molar-refractivity contribution is 7.86. The lowest BCUT2D eigenvalue weighted by Gasteiger charge is -2.21. The molecule has 6 nitrogen and oxygen atoms in total. The summed E-state index contributed by atoms with van der Waals surface area (Å²) in [5, 5.41) is 0. The third-order valence-electron chi connectivity index (χ3n) is 2.44. The molecule has 0 aromatic heterocycles. The fraction of sp³-hybridized carbons (Fsp3) is 0.364. The first-order valence-electron chi connectivity index (χ1n) is 5.56. The summed E-state index contributed by atoms with van der Waals surface area (Å²) < 4.78 is 61.9. The van der Waals surface area contributed by atoms with Crippen molar-refractivity contribution < 1.29 is 35.6 Å². The van der Waals surface area contributed by atoms with Gasteiger partial charge in [-0.15, -0.1) is 0 Å². The van der Waals surface area contributed by atoms with Gasteiger partial charge in [-0.25, -0.2) is 13.6 Å². The molecule has 1 aromatic rings. The summed E-state index contributed by atoms with van der Waals surface area (Å²) in [6.45, 7) is -0.106. The molecule has 1 saturated heterocycles. The molecular formula is C11H10F2O6S. The van der Waals surface area contributed by atoms with E-state index in [0.29, 0.717) is 6.07 Å². The van der Waals surface area contributed by atoms with E-state index in [0.717, 1.165) is 12.1 Å². The van der Waals surface area contributed by atoms with Crippen LogP contribution in [-0.4, -0.2) is 33.0 Å². The van der Waals surface area contributed by atoms with Crippen LogP contribution >= 0.6 is 0 Å². The Bertz CT molecular complexity index is 615. The van der Waals surface area contributed by atoms with Crippen molar-refractivity contribution in [1.29, 1.82) is 0 Å². The van der Waals surface area contributed by atoms with Crippen molar-refractivity contribution in [3.8, 4) is 5.75 Å². The molecule has 9 heteroatoms. The van der Waals surface area contributed by atoms with Crippen molar-refractivity contribution in [1.82, 2.24) is 0 Å². The average molecular weight is 308 g/mol. The number of halogens is 2. The van der Waals surface area contributed by atoms with E-state index in [1.165, 1.54) is 0 Å². The average Bonchev–Trinajstić information content (AvgIpc) is 2.31. The monoisotopic (exact) mass is 308 g/mol. The molecule has 1 heterocycles. The SMILES string of the molecule is O=C(Oc1ccc(F)cc1F)OC1CCOS(=O)(=O)C1. The van der Waals surface area contributed by atoms with Gasteiger partial charge in [0, 0.05) is 12.5 Å². The molecule has 2 rings (SSSR count). The highest BCUT2D eigenvalue weighted by Crippen LogP contribution is 2.19. The van der Waals surface area contributed by atoms with Gasteiger partial charge in [-0.2, -0.15) is 8.42 Å². The lowest BCUT2D eigenvalue weighted by atomic mass is 10.3. The second-order valence-corrected chi connectivity index (χ2v) is 5.69. The fourth-order valence-electron chi connectivity index (χ4n) is 1.57. The van der Waals surface area contributed by atoms with Crippen LogP contribution in [0.1, 0.15) is 6.42 Å². The minimum Gasteiger partial charge on any atom is -0.429 e. The number of benzene rings is 1. The minimum absolute atomic E-state index is 0.106. The number of carbonyl (C=O) groups excluding carboxylic acids is 1. The standard InChI is InChI=1S/C11H10F2O6S/c12-7-1-2-10(9(13)5-7)19-11(14)18-8-3-4-17-20(15,16)6-8/h1-2,5,8H,3-4,6H2. The molecule has 0 aliphatic carbocycles. The fourth-order valence-corrected chi connectivity index (χ4v) is 2.70. The van der Waals surface area contributed by atoms with Gasteiger partial charge in [0.15, 0.2) is 11.6 Å². The van der Waals surface area contributed by atoms with Crippen molar-refractivity contribution >= 4 is 16.3 Å². The second kappa shape index (κ2) is 5.71. The van der Waals surface area contributed by atoms with Crippen molar-refractivity contribution in [2.75, 3.05) is 12.4 Å². The van der Waals surface area contributed by atoms with Gasteiger partial charge in [-0.3, -0.25) is 4.18 Å². The van der Waals surface area contributed by atoms with Gasteiger partial charge in [-0.05, 0) is 12.1 Å². The normalized spacial score (nSPS) is 21.2. The molecule has 110 valence electrons. The Morgan fingerprint density at radius 3 is 2.75 bits per heavy atom. The van der Waals surface area contributed by atoms with Crippen molar-refractivity contribution in [2.45, 2.75) is 12.5 Å². The predicted octanol–water partition coefficient (Wildman–Crippen LogP) is 1.60. The maximum absolute atomic E-state index is 13.2. The Morgan fingerprint density at radius 1 is 1.35 bits per heavy atom. The lowest BCUT2D eigenvalue weighted by Crippen LogP contribution is -2.34. The largest absolute Gasteiger partial charge is 0.514 e. The van der Waals surface area contributed by atoms with Crippen molar-refractivity contribution in [2.24, 2.45) is 0 Å². The smallest absolute Gasteiger partial charge is 0.429 e. The number of carbonyl (C=O) groups is 1. The highest BCUT2D eigenvalue weighted by atomic mass is 32.2. The molecule has 1 aliphatic heterocycles. The van der Waals surface area contributed by atoms with Crippen LogP contribution in [0.4, 0.5) is 13.6 Å². The Balaban J connectivity index is 1.95. The van der Waals surface area contributed by atoms with Crippen LogP contribution in [0.15, 0.2) is 18.2 Å². The van der Waals surface area contributed by atoms with Crippen LogP contribution in [0.3, 0.4) is 0 Å². The number of ether oxygens (including phenoxy) is 2. The molecule has 0 bridgehead atoms. The summed E-state index contributed by atoms with van der Waals surface area (Å²) in [6, 6.07) is 2.37. The third-order valence-corrected chi connectivity index (χ3v) is 3.75. The molecule has 0 spiro atoms. The van der Waals surface area contributed by atoms with Gasteiger partial charge in [0.25, 0.3) is 10.1 Å². The van der Waals surface area contributed by atoms with Gasteiger partial charge in [0.05, 0.1) is 6.61 Å². The topological polar surface area (TPSA) is 78.9 Å². The van der Waals surface area contributed by atoms with E-state index in [1.54, 1.807) is 0 Å². The molecule has 1 aromatic carbocycles. The summed E-state index contributed by atoms with van der Waals surface area (Å²) in [5.74, 6) is -2.89. The highest BCUT2D eigenvalue weighted by Gasteiger charge is 2.29. The van der Waals surface area contributed by atoms with Gasteiger partial charge < -0.3 is 9.47 Å². The summed E-state index contributed by atoms with van der Waals surface area (Å²) >= 11 is 0. The van der Waals surface area contributed by atoms with Crippen LogP contribution < -0.4 is 4.74 Å². The van der Waals surface area contributed by atoms with E-state index >= 15 is 0 Å². The van der Waals surface area contributed by atoms with Gasteiger partial charge in [0.2, 0.25) is 0 Å². The first-order valence-corrected chi connectivity index (χ1v) is 7.14. The lowest BCUT2D eigenvalue weighted by molar-refractivity contribution is 0.0498. The Labute approximate surface area is 113 Å². The van der Waals surface area contributed by atoms with Gasteiger partial charge in [-0.1, -0.05) is 0 Å². The van der Waals surface area contributed by atoms with E-state index in [1.807, 2.05) is 0 Å². The van der Waals surface area contributed by atoms with E-state index < -0.39 is 45.5 Å². The zero-order chi connectivity index (χ0) is 14.8. The second-order valence-electron chi connectivity index (χ2n) is 4.00. The van der Waals surface area contributed by atoms with Crippen LogP contribution in [0, 0.1) is 11.6 Å². The summed E-state index contributed by atoms with van der Waals surface area (Å²) in [7, 11) is -3.72. The summed E-state index contributed by atoms with van der Waals surface area (Å²) in [5.41, 5.74) is 0.